The van der Waals surface area contributed by atoms with Crippen molar-refractivity contribution >= 4 is 5.91 Å². The third kappa shape index (κ3) is 2.28. The van der Waals surface area contributed by atoms with Crippen LogP contribution in [0.25, 0.3) is 0 Å². The van der Waals surface area contributed by atoms with Gasteiger partial charge in [0.1, 0.15) is 0 Å². The summed E-state index contributed by atoms with van der Waals surface area (Å²) in [4.78, 5) is 15.1. The molecule has 4 rings (SSSR count). The van der Waals surface area contributed by atoms with Crippen LogP contribution in [0.1, 0.15) is 36.8 Å². The van der Waals surface area contributed by atoms with Crippen molar-refractivity contribution in [1.29, 1.82) is 0 Å². The minimum Gasteiger partial charge on any atom is -0.338 e. The van der Waals surface area contributed by atoms with E-state index in [0.29, 0.717) is 11.8 Å². The van der Waals surface area contributed by atoms with Gasteiger partial charge in [0.15, 0.2) is 0 Å². The molecule has 2 aromatic carbocycles. The van der Waals surface area contributed by atoms with E-state index >= 15 is 0 Å². The second kappa shape index (κ2) is 5.52. The molecule has 1 aliphatic heterocycles. The zero-order chi connectivity index (χ0) is 15.9. The lowest BCUT2D eigenvalue weighted by molar-refractivity contribution is -0.135. The van der Waals surface area contributed by atoms with Crippen LogP contribution in [0.2, 0.25) is 0 Å². The summed E-state index contributed by atoms with van der Waals surface area (Å²) < 4.78 is 0. The zero-order valence-corrected chi connectivity index (χ0v) is 13.6. The van der Waals surface area contributed by atoms with E-state index < -0.39 is 0 Å². The molecule has 2 nitrogen and oxygen atoms in total. The molecule has 1 saturated carbocycles. The second-order valence-electron chi connectivity index (χ2n) is 7.09. The lowest BCUT2D eigenvalue weighted by Gasteiger charge is -2.49. The van der Waals surface area contributed by atoms with Crippen LogP contribution in [0.15, 0.2) is 60.7 Å². The van der Waals surface area contributed by atoms with Crippen LogP contribution < -0.4 is 0 Å². The fourth-order valence-corrected chi connectivity index (χ4v) is 4.62. The Morgan fingerprint density at radius 1 is 1.04 bits per heavy atom. The number of hydrogen-bond donors (Lipinski definition) is 0. The molecular formula is C21H23NO. The fourth-order valence-electron chi connectivity index (χ4n) is 4.62. The number of fused-ring (bicyclic) bond motifs is 1. The highest BCUT2D eigenvalue weighted by atomic mass is 16.2. The Morgan fingerprint density at radius 2 is 1.70 bits per heavy atom. The van der Waals surface area contributed by atoms with Gasteiger partial charge in [-0.05, 0) is 29.9 Å². The van der Waals surface area contributed by atoms with E-state index in [4.69, 9.17) is 0 Å². The molecule has 1 heterocycles. The summed E-state index contributed by atoms with van der Waals surface area (Å²) in [6.45, 7) is 3.91. The maximum atomic E-state index is 13.0. The number of amides is 1. The first-order chi connectivity index (χ1) is 11.2. The van der Waals surface area contributed by atoms with E-state index in [2.05, 4.69) is 48.2 Å². The van der Waals surface area contributed by atoms with Crippen molar-refractivity contribution in [2.45, 2.75) is 32.2 Å². The van der Waals surface area contributed by atoms with Gasteiger partial charge in [-0.25, -0.2) is 0 Å². The summed E-state index contributed by atoms with van der Waals surface area (Å²) in [6.07, 6.45) is 2.24. The summed E-state index contributed by atoms with van der Waals surface area (Å²) in [5.41, 5.74) is 2.76. The van der Waals surface area contributed by atoms with Gasteiger partial charge in [-0.2, -0.15) is 0 Å². The van der Waals surface area contributed by atoms with Gasteiger partial charge in [-0.1, -0.05) is 67.6 Å². The van der Waals surface area contributed by atoms with Crippen LogP contribution in [0.5, 0.6) is 0 Å². The first kappa shape index (κ1) is 14.5. The van der Waals surface area contributed by atoms with Crippen molar-refractivity contribution in [3.05, 3.63) is 71.8 Å². The fraction of sp³-hybridized carbons (Fsp3) is 0.381. The van der Waals surface area contributed by atoms with E-state index in [1.165, 1.54) is 11.1 Å². The van der Waals surface area contributed by atoms with Gasteiger partial charge in [0.05, 0.1) is 5.92 Å². The van der Waals surface area contributed by atoms with Gasteiger partial charge >= 0.3 is 0 Å². The first-order valence-corrected chi connectivity index (χ1v) is 8.61. The Bertz CT molecular complexity index is 696. The molecule has 0 bridgehead atoms. The Balaban J connectivity index is 1.58. The molecule has 1 aliphatic carbocycles. The van der Waals surface area contributed by atoms with Gasteiger partial charge < -0.3 is 4.90 Å². The second-order valence-corrected chi connectivity index (χ2v) is 7.09. The Hall–Kier alpha value is -2.09. The van der Waals surface area contributed by atoms with E-state index in [1.807, 2.05) is 24.3 Å². The molecule has 0 spiro atoms. The van der Waals surface area contributed by atoms with Crippen molar-refractivity contribution in [3.63, 3.8) is 0 Å². The smallest absolute Gasteiger partial charge is 0.227 e. The number of likely N-dealkylation sites (tertiary alicyclic amines) is 1. The van der Waals surface area contributed by atoms with Crippen LogP contribution in [0.3, 0.4) is 0 Å². The average Bonchev–Trinajstić information content (AvgIpc) is 2.78. The monoisotopic (exact) mass is 305 g/mol. The topological polar surface area (TPSA) is 20.3 Å². The molecule has 0 aromatic heterocycles. The molecule has 0 unspecified atom stereocenters. The van der Waals surface area contributed by atoms with Crippen LogP contribution in [-0.2, 0) is 11.3 Å². The molecule has 3 atom stereocenters. The van der Waals surface area contributed by atoms with Gasteiger partial charge in [0.25, 0.3) is 0 Å². The lowest BCUT2D eigenvalue weighted by Crippen LogP contribution is -2.46. The van der Waals surface area contributed by atoms with E-state index in [1.54, 1.807) is 0 Å². The Labute approximate surface area is 138 Å². The summed E-state index contributed by atoms with van der Waals surface area (Å²) in [5.74, 6) is 0.943. The first-order valence-electron chi connectivity index (χ1n) is 8.61. The average molecular weight is 305 g/mol. The summed E-state index contributed by atoms with van der Waals surface area (Å²) >= 11 is 0. The normalized spacial score (nSPS) is 29.3. The predicted octanol–water partition coefficient (Wildman–Crippen LogP) is 4.23. The highest BCUT2D eigenvalue weighted by Gasteiger charge is 2.62. The molecule has 2 fully saturated rings. The lowest BCUT2D eigenvalue weighted by atomic mass is 9.52. The summed E-state index contributed by atoms with van der Waals surface area (Å²) in [7, 11) is 0. The van der Waals surface area contributed by atoms with Crippen molar-refractivity contribution in [2.24, 2.45) is 11.3 Å². The third-order valence-electron chi connectivity index (χ3n) is 5.92. The minimum absolute atomic E-state index is 0.179. The van der Waals surface area contributed by atoms with E-state index in [0.717, 1.165) is 25.9 Å². The SMILES string of the molecule is CC[C@]12C[C@H](c3ccccc3)[C@H]1C(=O)N(Cc1ccccc1)C2. The molecule has 0 radical (unpaired) electrons. The third-order valence-corrected chi connectivity index (χ3v) is 5.92. The van der Waals surface area contributed by atoms with Crippen LogP contribution in [0, 0.1) is 11.3 Å². The van der Waals surface area contributed by atoms with Crippen molar-refractivity contribution in [2.75, 3.05) is 6.54 Å². The maximum absolute atomic E-state index is 13.0. The van der Waals surface area contributed by atoms with Crippen LogP contribution in [-0.4, -0.2) is 17.4 Å². The molecule has 0 N–H and O–H groups in total. The number of hydrogen-bond acceptors (Lipinski definition) is 1. The molecular weight excluding hydrogens is 282 g/mol. The number of rotatable bonds is 4. The standard InChI is InChI=1S/C21H23NO/c1-2-21-13-18(17-11-7-4-8-12-17)19(21)20(23)22(15-21)14-16-9-5-3-6-10-16/h3-12,18-19H,2,13-15H2,1H3/t18-,19+,21-/m1/s1. The number of benzene rings is 2. The Morgan fingerprint density at radius 3 is 2.35 bits per heavy atom. The number of carbonyl (C=O) groups is 1. The highest BCUT2D eigenvalue weighted by Crippen LogP contribution is 2.62. The molecule has 23 heavy (non-hydrogen) atoms. The van der Waals surface area contributed by atoms with Crippen LogP contribution in [0.4, 0.5) is 0 Å². The van der Waals surface area contributed by atoms with E-state index in [9.17, 15) is 4.79 Å². The molecule has 2 heteroatoms. The van der Waals surface area contributed by atoms with Gasteiger partial charge in [-0.3, -0.25) is 4.79 Å². The number of carbonyl (C=O) groups excluding carboxylic acids is 1. The molecule has 2 aliphatic rings. The molecule has 2 aromatic rings. The highest BCUT2D eigenvalue weighted by molar-refractivity contribution is 5.85. The largest absolute Gasteiger partial charge is 0.338 e. The van der Waals surface area contributed by atoms with Crippen molar-refractivity contribution in [3.8, 4) is 0 Å². The minimum atomic E-state index is 0.179. The van der Waals surface area contributed by atoms with Crippen molar-refractivity contribution < 1.29 is 4.79 Å². The predicted molar refractivity (Wildman–Crippen MR) is 91.9 cm³/mol. The molecule has 118 valence electrons. The maximum Gasteiger partial charge on any atom is 0.227 e. The summed E-state index contributed by atoms with van der Waals surface area (Å²) in [5, 5.41) is 0. The van der Waals surface area contributed by atoms with Gasteiger partial charge in [0.2, 0.25) is 5.91 Å². The summed E-state index contributed by atoms with van der Waals surface area (Å²) in [6, 6.07) is 20.9. The quantitative estimate of drug-likeness (QED) is 0.828. The van der Waals surface area contributed by atoms with Gasteiger partial charge in [0, 0.05) is 18.5 Å². The van der Waals surface area contributed by atoms with Crippen LogP contribution >= 0.6 is 0 Å². The van der Waals surface area contributed by atoms with E-state index in [-0.39, 0.29) is 11.3 Å². The zero-order valence-electron chi connectivity index (χ0n) is 13.6. The molecule has 1 saturated heterocycles. The van der Waals surface area contributed by atoms with Gasteiger partial charge in [-0.15, -0.1) is 0 Å². The number of nitrogens with zero attached hydrogens (tertiary/aromatic N) is 1. The van der Waals surface area contributed by atoms with Crippen molar-refractivity contribution in [1.82, 2.24) is 4.90 Å². The Kier molecular flexibility index (Phi) is 3.48. The molecule has 1 amide bonds.